The predicted octanol–water partition coefficient (Wildman–Crippen LogP) is 1.83. The number of hydrogen-bond acceptors (Lipinski definition) is 4. The molecular formula is C18H30N4O. The SMILES string of the molecule is CCN(CCNC(=O)CC1C(C)NNC1C)c1cccc(C)c1. The summed E-state index contributed by atoms with van der Waals surface area (Å²) in [5, 5.41) is 3.06. The van der Waals surface area contributed by atoms with Gasteiger partial charge in [0, 0.05) is 49.7 Å². The maximum atomic E-state index is 12.2. The Morgan fingerprint density at radius 2 is 1.96 bits per heavy atom. The van der Waals surface area contributed by atoms with Gasteiger partial charge >= 0.3 is 0 Å². The predicted molar refractivity (Wildman–Crippen MR) is 95.4 cm³/mol. The van der Waals surface area contributed by atoms with Crippen LogP contribution in [0.3, 0.4) is 0 Å². The number of hydrazine groups is 1. The minimum Gasteiger partial charge on any atom is -0.370 e. The molecule has 5 heteroatoms. The Morgan fingerprint density at radius 1 is 1.26 bits per heavy atom. The Bertz CT molecular complexity index is 509. The molecule has 1 aliphatic heterocycles. The molecule has 0 aromatic heterocycles. The number of hydrogen-bond donors (Lipinski definition) is 3. The fraction of sp³-hybridized carbons (Fsp3) is 0.611. The Morgan fingerprint density at radius 3 is 2.57 bits per heavy atom. The summed E-state index contributed by atoms with van der Waals surface area (Å²) in [6, 6.07) is 9.15. The first-order valence-electron chi connectivity index (χ1n) is 8.60. The van der Waals surface area contributed by atoms with E-state index in [9.17, 15) is 4.79 Å². The molecule has 128 valence electrons. The van der Waals surface area contributed by atoms with Crippen LogP contribution in [0, 0.1) is 12.8 Å². The van der Waals surface area contributed by atoms with Crippen LogP contribution in [0.2, 0.25) is 0 Å². The van der Waals surface area contributed by atoms with Gasteiger partial charge in [0.05, 0.1) is 0 Å². The van der Waals surface area contributed by atoms with E-state index in [1.165, 1.54) is 11.3 Å². The van der Waals surface area contributed by atoms with Crippen molar-refractivity contribution < 1.29 is 4.79 Å². The smallest absolute Gasteiger partial charge is 0.220 e. The van der Waals surface area contributed by atoms with Crippen molar-refractivity contribution >= 4 is 11.6 Å². The molecule has 0 radical (unpaired) electrons. The number of rotatable bonds is 7. The molecule has 23 heavy (non-hydrogen) atoms. The van der Waals surface area contributed by atoms with Crippen molar-refractivity contribution in [3.63, 3.8) is 0 Å². The van der Waals surface area contributed by atoms with Crippen LogP contribution in [-0.2, 0) is 4.79 Å². The van der Waals surface area contributed by atoms with Gasteiger partial charge in [-0.3, -0.25) is 15.6 Å². The highest BCUT2D eigenvalue weighted by Gasteiger charge is 2.31. The fourth-order valence-corrected chi connectivity index (χ4v) is 3.17. The van der Waals surface area contributed by atoms with Gasteiger partial charge in [-0.1, -0.05) is 12.1 Å². The first-order valence-corrected chi connectivity index (χ1v) is 8.60. The lowest BCUT2D eigenvalue weighted by Crippen LogP contribution is -2.37. The molecule has 1 heterocycles. The van der Waals surface area contributed by atoms with E-state index in [1.54, 1.807) is 0 Å². The molecule has 0 spiro atoms. The molecule has 1 aromatic rings. The number of nitrogens with one attached hydrogen (secondary N) is 3. The summed E-state index contributed by atoms with van der Waals surface area (Å²) in [5.41, 5.74) is 8.87. The lowest BCUT2D eigenvalue weighted by atomic mass is 9.93. The number of nitrogens with zero attached hydrogens (tertiary/aromatic N) is 1. The largest absolute Gasteiger partial charge is 0.370 e. The zero-order valence-corrected chi connectivity index (χ0v) is 14.7. The quantitative estimate of drug-likeness (QED) is 0.718. The van der Waals surface area contributed by atoms with E-state index >= 15 is 0 Å². The van der Waals surface area contributed by atoms with Gasteiger partial charge in [0.25, 0.3) is 0 Å². The zero-order chi connectivity index (χ0) is 16.8. The molecule has 0 saturated carbocycles. The van der Waals surface area contributed by atoms with E-state index < -0.39 is 0 Å². The molecule has 1 aromatic carbocycles. The van der Waals surface area contributed by atoms with Crippen molar-refractivity contribution in [2.45, 2.75) is 46.2 Å². The Kier molecular flexibility index (Phi) is 6.42. The second-order valence-corrected chi connectivity index (χ2v) is 6.50. The summed E-state index contributed by atoms with van der Waals surface area (Å²) in [7, 11) is 0. The molecule has 1 saturated heterocycles. The van der Waals surface area contributed by atoms with E-state index in [-0.39, 0.29) is 5.91 Å². The average molecular weight is 318 g/mol. The fourth-order valence-electron chi connectivity index (χ4n) is 3.17. The minimum atomic E-state index is 0.138. The van der Waals surface area contributed by atoms with Crippen LogP contribution in [0.5, 0.6) is 0 Å². The van der Waals surface area contributed by atoms with Crippen LogP contribution in [0.15, 0.2) is 24.3 Å². The van der Waals surface area contributed by atoms with E-state index in [0.717, 1.165) is 13.1 Å². The monoisotopic (exact) mass is 318 g/mol. The third-order valence-electron chi connectivity index (χ3n) is 4.70. The molecule has 5 nitrogen and oxygen atoms in total. The van der Waals surface area contributed by atoms with Gasteiger partial charge in [0.1, 0.15) is 0 Å². The maximum absolute atomic E-state index is 12.2. The van der Waals surface area contributed by atoms with Crippen LogP contribution in [-0.4, -0.2) is 37.6 Å². The van der Waals surface area contributed by atoms with E-state index in [2.05, 4.69) is 73.0 Å². The molecule has 0 bridgehead atoms. The van der Waals surface area contributed by atoms with Gasteiger partial charge < -0.3 is 10.2 Å². The first kappa shape index (κ1) is 17.8. The van der Waals surface area contributed by atoms with Crippen molar-refractivity contribution in [3.8, 4) is 0 Å². The standard InChI is InChI=1S/C18H30N4O/c1-5-22(16-8-6-7-13(2)11-16)10-9-19-18(23)12-17-14(3)20-21-15(17)4/h6-8,11,14-15,17,20-21H,5,9-10,12H2,1-4H3,(H,19,23). The van der Waals surface area contributed by atoms with E-state index in [0.29, 0.717) is 31.0 Å². The molecule has 0 aliphatic carbocycles. The highest BCUT2D eigenvalue weighted by Crippen LogP contribution is 2.18. The summed E-state index contributed by atoms with van der Waals surface area (Å²) >= 11 is 0. The van der Waals surface area contributed by atoms with Crippen LogP contribution >= 0.6 is 0 Å². The Labute approximate surface area is 139 Å². The van der Waals surface area contributed by atoms with E-state index in [1.807, 2.05) is 0 Å². The van der Waals surface area contributed by atoms with E-state index in [4.69, 9.17) is 0 Å². The normalized spacial score (nSPS) is 23.7. The number of benzene rings is 1. The van der Waals surface area contributed by atoms with Gasteiger partial charge in [-0.15, -0.1) is 0 Å². The molecule has 1 fully saturated rings. The summed E-state index contributed by atoms with van der Waals surface area (Å²) < 4.78 is 0. The molecule has 3 N–H and O–H groups in total. The van der Waals surface area contributed by atoms with Crippen molar-refractivity contribution in [1.29, 1.82) is 0 Å². The third-order valence-corrected chi connectivity index (χ3v) is 4.70. The highest BCUT2D eigenvalue weighted by atomic mass is 16.1. The summed E-state index contributed by atoms with van der Waals surface area (Å²) in [6.45, 7) is 10.9. The van der Waals surface area contributed by atoms with Crippen LogP contribution in [0.1, 0.15) is 32.8 Å². The third kappa shape index (κ3) is 4.94. The lowest BCUT2D eigenvalue weighted by molar-refractivity contribution is -0.122. The van der Waals surface area contributed by atoms with Gasteiger partial charge in [0.15, 0.2) is 0 Å². The summed E-state index contributed by atoms with van der Waals surface area (Å²) in [6.07, 6.45) is 0.568. The summed E-state index contributed by atoms with van der Waals surface area (Å²) in [4.78, 5) is 14.5. The Hall–Kier alpha value is -1.59. The number of carbonyl (C=O) groups excluding carboxylic acids is 1. The van der Waals surface area contributed by atoms with Crippen molar-refractivity contribution in [1.82, 2.24) is 16.2 Å². The van der Waals surface area contributed by atoms with Crippen molar-refractivity contribution in [2.24, 2.45) is 5.92 Å². The maximum Gasteiger partial charge on any atom is 0.220 e. The average Bonchev–Trinajstić information content (AvgIpc) is 2.83. The molecule has 2 rings (SSSR count). The van der Waals surface area contributed by atoms with Crippen molar-refractivity contribution in [3.05, 3.63) is 29.8 Å². The second-order valence-electron chi connectivity index (χ2n) is 6.50. The topological polar surface area (TPSA) is 56.4 Å². The van der Waals surface area contributed by atoms with Gasteiger partial charge in [-0.25, -0.2) is 0 Å². The zero-order valence-electron chi connectivity index (χ0n) is 14.7. The van der Waals surface area contributed by atoms with Gasteiger partial charge in [-0.2, -0.15) is 0 Å². The van der Waals surface area contributed by atoms with Crippen LogP contribution in [0.25, 0.3) is 0 Å². The number of aryl methyl sites for hydroxylation is 1. The molecule has 1 amide bonds. The first-order chi connectivity index (χ1) is 11.0. The number of carbonyl (C=O) groups is 1. The number of likely N-dealkylation sites (N-methyl/N-ethyl adjacent to an activating group) is 1. The van der Waals surface area contributed by atoms with Crippen LogP contribution in [0.4, 0.5) is 5.69 Å². The van der Waals surface area contributed by atoms with Crippen molar-refractivity contribution in [2.75, 3.05) is 24.5 Å². The molecule has 1 aliphatic rings. The van der Waals surface area contributed by atoms with Crippen LogP contribution < -0.4 is 21.1 Å². The number of amides is 1. The summed E-state index contributed by atoms with van der Waals surface area (Å²) in [5.74, 6) is 0.480. The van der Waals surface area contributed by atoms with Gasteiger partial charge in [0.2, 0.25) is 5.91 Å². The minimum absolute atomic E-state index is 0.138. The van der Waals surface area contributed by atoms with Gasteiger partial charge in [-0.05, 0) is 45.4 Å². The Balaban J connectivity index is 1.78. The molecule has 2 atom stereocenters. The second kappa shape index (κ2) is 8.31. The number of anilines is 1. The molecule has 2 unspecified atom stereocenters. The molecular weight excluding hydrogens is 288 g/mol. The lowest BCUT2D eigenvalue weighted by Gasteiger charge is -2.24. The highest BCUT2D eigenvalue weighted by molar-refractivity contribution is 5.76.